The van der Waals surface area contributed by atoms with Crippen molar-refractivity contribution >= 4 is 28.5 Å². The predicted octanol–water partition coefficient (Wildman–Crippen LogP) is 3.24. The highest BCUT2D eigenvalue weighted by Crippen LogP contribution is 2.11. The lowest BCUT2D eigenvalue weighted by Gasteiger charge is -2.01. The Hall–Kier alpha value is -1.46. The fourth-order valence-corrected chi connectivity index (χ4v) is 2.44. The third-order valence-electron chi connectivity index (χ3n) is 2.69. The van der Waals surface area contributed by atoms with E-state index in [9.17, 15) is 0 Å². The molecule has 0 atom stereocenters. The number of amidine groups is 1. The van der Waals surface area contributed by atoms with Gasteiger partial charge in [-0.3, -0.25) is 4.99 Å². The molecule has 1 aromatic carbocycles. The van der Waals surface area contributed by atoms with Gasteiger partial charge in [-0.2, -0.15) is 0 Å². The van der Waals surface area contributed by atoms with Gasteiger partial charge < -0.3 is 10.7 Å². The van der Waals surface area contributed by atoms with Gasteiger partial charge in [0.15, 0.2) is 5.17 Å². The topological polar surface area (TPSA) is 67.1 Å². The average Bonchev–Trinajstić information content (AvgIpc) is 2.96. The summed E-state index contributed by atoms with van der Waals surface area (Å²) in [6.45, 7) is 0.591. The molecule has 0 radical (unpaired) electrons. The SMILES string of the molecule is NC(=NCc1ccc(Cl)cc1)SCCCc1ncc[nH]1. The molecule has 0 saturated heterocycles. The van der Waals surface area contributed by atoms with Gasteiger partial charge in [0.1, 0.15) is 5.82 Å². The van der Waals surface area contributed by atoms with E-state index >= 15 is 0 Å². The Morgan fingerprint density at radius 1 is 1.35 bits per heavy atom. The zero-order chi connectivity index (χ0) is 14.2. The van der Waals surface area contributed by atoms with Crippen molar-refractivity contribution in [3.63, 3.8) is 0 Å². The molecule has 0 aliphatic carbocycles. The van der Waals surface area contributed by atoms with Crippen molar-refractivity contribution < 1.29 is 0 Å². The number of rotatable bonds is 6. The van der Waals surface area contributed by atoms with E-state index in [1.54, 1.807) is 18.0 Å². The second-order valence-corrected chi connectivity index (χ2v) is 5.82. The Labute approximate surface area is 127 Å². The van der Waals surface area contributed by atoms with E-state index in [1.165, 1.54) is 0 Å². The first-order valence-corrected chi connectivity index (χ1v) is 7.76. The highest BCUT2D eigenvalue weighted by atomic mass is 35.5. The minimum Gasteiger partial charge on any atom is -0.379 e. The minimum atomic E-state index is 0.591. The average molecular weight is 309 g/mol. The molecule has 0 aliphatic rings. The molecule has 0 saturated carbocycles. The fraction of sp³-hybridized carbons (Fsp3) is 0.286. The van der Waals surface area contributed by atoms with Crippen LogP contribution in [0.5, 0.6) is 0 Å². The summed E-state index contributed by atoms with van der Waals surface area (Å²) in [7, 11) is 0. The van der Waals surface area contributed by atoms with Crippen molar-refractivity contribution in [3.8, 4) is 0 Å². The van der Waals surface area contributed by atoms with E-state index in [0.717, 1.165) is 35.0 Å². The maximum absolute atomic E-state index is 5.87. The van der Waals surface area contributed by atoms with Gasteiger partial charge in [0, 0.05) is 29.6 Å². The van der Waals surface area contributed by atoms with Crippen LogP contribution >= 0.6 is 23.4 Å². The summed E-state index contributed by atoms with van der Waals surface area (Å²) in [4.78, 5) is 11.6. The summed E-state index contributed by atoms with van der Waals surface area (Å²) in [5.74, 6) is 1.96. The Balaban J connectivity index is 1.67. The van der Waals surface area contributed by atoms with Crippen LogP contribution in [-0.2, 0) is 13.0 Å². The van der Waals surface area contributed by atoms with Gasteiger partial charge in [-0.25, -0.2) is 4.98 Å². The number of nitrogens with two attached hydrogens (primary N) is 1. The molecule has 0 amide bonds. The normalized spacial score (nSPS) is 11.8. The van der Waals surface area contributed by atoms with E-state index in [2.05, 4.69) is 15.0 Å². The number of nitrogens with zero attached hydrogens (tertiary/aromatic N) is 2. The van der Waals surface area contributed by atoms with Gasteiger partial charge in [0.2, 0.25) is 0 Å². The molecule has 0 unspecified atom stereocenters. The lowest BCUT2D eigenvalue weighted by atomic mass is 10.2. The predicted molar refractivity (Wildman–Crippen MR) is 86.1 cm³/mol. The van der Waals surface area contributed by atoms with Crippen molar-refractivity contribution in [2.45, 2.75) is 19.4 Å². The second kappa shape index (κ2) is 7.97. The molecule has 2 rings (SSSR count). The molecule has 3 N–H and O–H groups in total. The van der Waals surface area contributed by atoms with Crippen LogP contribution < -0.4 is 5.73 Å². The Bertz CT molecular complexity index is 537. The van der Waals surface area contributed by atoms with Crippen LogP contribution in [0.4, 0.5) is 0 Å². The lowest BCUT2D eigenvalue weighted by molar-refractivity contribution is 0.866. The van der Waals surface area contributed by atoms with Crippen molar-refractivity contribution in [2.24, 2.45) is 10.7 Å². The number of aryl methyl sites for hydroxylation is 1. The molecule has 0 spiro atoms. The number of thioether (sulfide) groups is 1. The summed E-state index contributed by atoms with van der Waals surface area (Å²) >= 11 is 7.41. The number of hydrogen-bond donors (Lipinski definition) is 2. The van der Waals surface area contributed by atoms with E-state index in [1.807, 2.05) is 30.5 Å². The van der Waals surface area contributed by atoms with Crippen LogP contribution in [0.2, 0.25) is 5.02 Å². The minimum absolute atomic E-state index is 0.591. The number of aromatic nitrogens is 2. The highest BCUT2D eigenvalue weighted by molar-refractivity contribution is 8.13. The Morgan fingerprint density at radius 3 is 2.85 bits per heavy atom. The molecule has 1 heterocycles. The van der Waals surface area contributed by atoms with Crippen LogP contribution in [0.1, 0.15) is 17.8 Å². The third-order valence-corrected chi connectivity index (χ3v) is 3.86. The van der Waals surface area contributed by atoms with E-state index in [-0.39, 0.29) is 0 Å². The molecule has 20 heavy (non-hydrogen) atoms. The highest BCUT2D eigenvalue weighted by Gasteiger charge is 1.98. The number of H-pyrrole nitrogens is 1. The van der Waals surface area contributed by atoms with Gasteiger partial charge >= 0.3 is 0 Å². The number of benzene rings is 1. The van der Waals surface area contributed by atoms with Crippen molar-refractivity contribution in [1.82, 2.24) is 9.97 Å². The van der Waals surface area contributed by atoms with E-state index in [0.29, 0.717) is 11.7 Å². The fourth-order valence-electron chi connectivity index (χ4n) is 1.66. The first-order chi connectivity index (χ1) is 9.74. The number of imidazole rings is 1. The third kappa shape index (κ3) is 5.27. The van der Waals surface area contributed by atoms with Crippen LogP contribution in [0.25, 0.3) is 0 Å². The monoisotopic (exact) mass is 308 g/mol. The molecule has 0 aliphatic heterocycles. The number of nitrogens with one attached hydrogen (secondary N) is 1. The Morgan fingerprint density at radius 2 is 2.15 bits per heavy atom. The summed E-state index contributed by atoms with van der Waals surface area (Å²) in [6, 6.07) is 7.64. The van der Waals surface area contributed by atoms with Crippen molar-refractivity contribution in [2.75, 3.05) is 5.75 Å². The lowest BCUT2D eigenvalue weighted by Crippen LogP contribution is -2.08. The quantitative estimate of drug-likeness (QED) is 0.489. The molecule has 106 valence electrons. The summed E-state index contributed by atoms with van der Waals surface area (Å²) < 4.78 is 0. The number of hydrogen-bond acceptors (Lipinski definition) is 3. The number of aromatic amines is 1. The maximum atomic E-state index is 5.87. The van der Waals surface area contributed by atoms with Gasteiger partial charge in [0.25, 0.3) is 0 Å². The molecule has 0 bridgehead atoms. The van der Waals surface area contributed by atoms with Crippen molar-refractivity contribution in [1.29, 1.82) is 0 Å². The summed E-state index contributed by atoms with van der Waals surface area (Å²) in [6.07, 6.45) is 5.56. The zero-order valence-corrected chi connectivity index (χ0v) is 12.6. The Kier molecular flexibility index (Phi) is 5.95. The van der Waals surface area contributed by atoms with Crippen LogP contribution in [0.3, 0.4) is 0 Å². The van der Waals surface area contributed by atoms with E-state index in [4.69, 9.17) is 17.3 Å². The maximum Gasteiger partial charge on any atom is 0.154 e. The molecular formula is C14H17ClN4S. The summed E-state index contributed by atoms with van der Waals surface area (Å²) in [5, 5.41) is 1.36. The van der Waals surface area contributed by atoms with E-state index < -0.39 is 0 Å². The molecule has 0 fully saturated rings. The van der Waals surface area contributed by atoms with Gasteiger partial charge in [-0.1, -0.05) is 35.5 Å². The van der Waals surface area contributed by atoms with Gasteiger partial charge in [0.05, 0.1) is 6.54 Å². The second-order valence-electron chi connectivity index (χ2n) is 4.27. The van der Waals surface area contributed by atoms with Gasteiger partial charge in [-0.05, 0) is 24.1 Å². The van der Waals surface area contributed by atoms with Crippen LogP contribution in [0.15, 0.2) is 41.7 Å². The van der Waals surface area contributed by atoms with Crippen molar-refractivity contribution in [3.05, 3.63) is 53.1 Å². The standard InChI is InChI=1S/C14H17ClN4S/c15-12-5-3-11(4-6-12)10-19-14(16)20-9-1-2-13-17-7-8-18-13/h3-8H,1-2,9-10H2,(H2,16,19)(H,17,18). The summed E-state index contributed by atoms with van der Waals surface area (Å²) in [5.41, 5.74) is 6.98. The first kappa shape index (κ1) is 14.9. The molecule has 6 heteroatoms. The van der Waals surface area contributed by atoms with Crippen LogP contribution in [0, 0.1) is 0 Å². The molecule has 1 aromatic heterocycles. The molecule has 2 aromatic rings. The smallest absolute Gasteiger partial charge is 0.154 e. The zero-order valence-electron chi connectivity index (χ0n) is 11.1. The van der Waals surface area contributed by atoms with Gasteiger partial charge in [-0.15, -0.1) is 0 Å². The van der Waals surface area contributed by atoms with Crippen LogP contribution in [-0.4, -0.2) is 20.9 Å². The first-order valence-electron chi connectivity index (χ1n) is 6.39. The molecular weight excluding hydrogens is 292 g/mol. The largest absolute Gasteiger partial charge is 0.379 e. The number of aliphatic imine (C=N–C) groups is 1. The molecule has 4 nitrogen and oxygen atoms in total. The number of halogens is 1.